The number of anilines is 1. The lowest BCUT2D eigenvalue weighted by molar-refractivity contribution is -0.385. The number of pyridine rings is 1. The number of primary amides is 1. The molecule has 1 aromatic carbocycles. The molecule has 0 saturated heterocycles. The molecule has 1 amide bonds. The third kappa shape index (κ3) is 2.92. The van der Waals surface area contributed by atoms with Gasteiger partial charge in [-0.05, 0) is 17.7 Å². The minimum Gasteiger partial charge on any atom is -0.365 e. The first kappa shape index (κ1) is 15.2. The van der Waals surface area contributed by atoms with Crippen molar-refractivity contribution in [3.8, 4) is 0 Å². The summed E-state index contributed by atoms with van der Waals surface area (Å²) in [7, 11) is 0. The van der Waals surface area contributed by atoms with E-state index in [0.717, 1.165) is 17.8 Å². The Kier molecular flexibility index (Phi) is 3.70. The molecule has 0 atom stereocenters. The van der Waals surface area contributed by atoms with Gasteiger partial charge in [-0.1, -0.05) is 6.07 Å². The van der Waals surface area contributed by atoms with Crippen LogP contribution in [0.3, 0.4) is 0 Å². The maximum absolute atomic E-state index is 11.5. The molecule has 10 heteroatoms. The predicted octanol–water partition coefficient (Wildman–Crippen LogP) is 0.870. The Balaban J connectivity index is 1.85. The van der Waals surface area contributed by atoms with Crippen molar-refractivity contribution >= 4 is 28.4 Å². The molecular weight excluding hydrogens is 316 g/mol. The van der Waals surface area contributed by atoms with Crippen LogP contribution < -0.4 is 16.7 Å². The van der Waals surface area contributed by atoms with Crippen LogP contribution in [0.4, 0.5) is 11.5 Å². The molecule has 0 aliphatic carbocycles. The number of nitrogens with zero attached hydrogens (tertiary/aromatic N) is 2. The van der Waals surface area contributed by atoms with Crippen molar-refractivity contribution in [1.29, 1.82) is 0 Å². The second kappa shape index (κ2) is 5.83. The van der Waals surface area contributed by atoms with Crippen LogP contribution in [0.15, 0.2) is 35.3 Å². The maximum Gasteiger partial charge on any atom is 0.323 e. The van der Waals surface area contributed by atoms with E-state index in [4.69, 9.17) is 5.73 Å². The fourth-order valence-electron chi connectivity index (χ4n) is 2.26. The first-order chi connectivity index (χ1) is 11.4. The molecule has 0 bridgehead atoms. The first-order valence-corrected chi connectivity index (χ1v) is 6.83. The monoisotopic (exact) mass is 328 g/mol. The summed E-state index contributed by atoms with van der Waals surface area (Å²) in [6.45, 7) is 0.286. The van der Waals surface area contributed by atoms with E-state index in [-0.39, 0.29) is 29.3 Å². The molecule has 2 heterocycles. The van der Waals surface area contributed by atoms with Gasteiger partial charge in [0, 0.05) is 12.6 Å². The van der Waals surface area contributed by atoms with Crippen molar-refractivity contribution in [3.63, 3.8) is 0 Å². The zero-order valence-electron chi connectivity index (χ0n) is 12.2. The van der Waals surface area contributed by atoms with Gasteiger partial charge in [-0.25, -0.2) is 9.78 Å². The molecule has 2 aromatic heterocycles. The lowest BCUT2D eigenvalue weighted by Crippen LogP contribution is -2.16. The van der Waals surface area contributed by atoms with Gasteiger partial charge in [-0.15, -0.1) is 0 Å². The van der Waals surface area contributed by atoms with E-state index in [1.807, 2.05) is 0 Å². The molecule has 0 radical (unpaired) electrons. The van der Waals surface area contributed by atoms with Crippen LogP contribution in [0.5, 0.6) is 0 Å². The number of carbonyl (C=O) groups is 1. The number of hydrogen-bond donors (Lipinski definition) is 4. The summed E-state index contributed by atoms with van der Waals surface area (Å²) in [5, 5.41) is 13.7. The summed E-state index contributed by atoms with van der Waals surface area (Å²) < 4.78 is 0. The summed E-state index contributed by atoms with van der Waals surface area (Å²) >= 11 is 0. The fourth-order valence-corrected chi connectivity index (χ4v) is 2.26. The van der Waals surface area contributed by atoms with Crippen molar-refractivity contribution in [3.05, 3.63) is 62.2 Å². The van der Waals surface area contributed by atoms with Gasteiger partial charge in [0.1, 0.15) is 12.0 Å². The topological polar surface area (TPSA) is 160 Å². The number of nitro groups is 1. The Hall–Kier alpha value is -3.69. The molecule has 0 aliphatic heterocycles. The Morgan fingerprint density at radius 3 is 2.75 bits per heavy atom. The minimum atomic E-state index is -0.820. The molecule has 10 nitrogen and oxygen atoms in total. The van der Waals surface area contributed by atoms with Gasteiger partial charge in [-0.2, -0.15) is 0 Å². The average molecular weight is 328 g/mol. The zero-order valence-corrected chi connectivity index (χ0v) is 12.2. The summed E-state index contributed by atoms with van der Waals surface area (Å²) in [6.07, 6.45) is 1.04. The number of aromatic nitrogens is 3. The molecule has 0 aliphatic rings. The van der Waals surface area contributed by atoms with Crippen molar-refractivity contribution in [2.75, 3.05) is 5.32 Å². The number of benzene rings is 1. The molecule has 122 valence electrons. The molecule has 3 aromatic rings. The maximum atomic E-state index is 11.5. The molecular formula is C14H12N6O4. The third-order valence-electron chi connectivity index (χ3n) is 3.39. The Morgan fingerprint density at radius 2 is 2.04 bits per heavy atom. The van der Waals surface area contributed by atoms with Gasteiger partial charge < -0.3 is 21.0 Å². The number of rotatable bonds is 5. The smallest absolute Gasteiger partial charge is 0.323 e. The van der Waals surface area contributed by atoms with E-state index in [2.05, 4.69) is 20.3 Å². The lowest BCUT2D eigenvalue weighted by Gasteiger charge is -2.09. The molecule has 3 rings (SSSR count). The average Bonchev–Trinajstić information content (AvgIpc) is 2.91. The van der Waals surface area contributed by atoms with E-state index in [1.54, 1.807) is 18.2 Å². The fraction of sp³-hybridized carbons (Fsp3) is 0.0714. The van der Waals surface area contributed by atoms with E-state index in [0.29, 0.717) is 11.0 Å². The number of carbonyl (C=O) groups excluding carboxylic acids is 1. The highest BCUT2D eigenvalue weighted by molar-refractivity contribution is 5.98. The standard InChI is InChI=1S/C14H12N6O4/c15-12(21)9-4-8(20(23)24)6-17-13(9)16-5-7-1-2-10-11(3-7)19-14(22)18-10/h1-4,6H,5H2,(H2,15,21)(H,16,17)(H2,18,19,22). The largest absolute Gasteiger partial charge is 0.365 e. The van der Waals surface area contributed by atoms with E-state index in [9.17, 15) is 19.7 Å². The van der Waals surface area contributed by atoms with Crippen LogP contribution in [0.25, 0.3) is 11.0 Å². The second-order valence-electron chi connectivity index (χ2n) is 5.02. The summed E-state index contributed by atoms with van der Waals surface area (Å²) in [5.41, 5.74) is 6.69. The van der Waals surface area contributed by atoms with Crippen LogP contribution >= 0.6 is 0 Å². The van der Waals surface area contributed by atoms with Crippen LogP contribution in [-0.4, -0.2) is 25.8 Å². The number of hydrogen-bond acceptors (Lipinski definition) is 6. The van der Waals surface area contributed by atoms with E-state index in [1.165, 1.54) is 0 Å². The second-order valence-corrected chi connectivity index (χ2v) is 5.02. The summed E-state index contributed by atoms with van der Waals surface area (Å²) in [4.78, 5) is 42.0. The van der Waals surface area contributed by atoms with E-state index >= 15 is 0 Å². The van der Waals surface area contributed by atoms with Crippen LogP contribution in [0, 0.1) is 10.1 Å². The van der Waals surface area contributed by atoms with Crippen LogP contribution in [0.2, 0.25) is 0 Å². The molecule has 0 saturated carbocycles. The Labute approximate surface area is 133 Å². The number of nitrogens with one attached hydrogen (secondary N) is 3. The molecule has 0 unspecified atom stereocenters. The first-order valence-electron chi connectivity index (χ1n) is 6.83. The quantitative estimate of drug-likeness (QED) is 0.401. The van der Waals surface area contributed by atoms with Gasteiger partial charge in [-0.3, -0.25) is 14.9 Å². The molecule has 24 heavy (non-hydrogen) atoms. The van der Waals surface area contributed by atoms with Crippen molar-refractivity contribution in [2.45, 2.75) is 6.54 Å². The third-order valence-corrected chi connectivity index (χ3v) is 3.39. The minimum absolute atomic E-state index is 0.0691. The number of amides is 1. The Bertz CT molecular complexity index is 1010. The highest BCUT2D eigenvalue weighted by atomic mass is 16.6. The Morgan fingerprint density at radius 1 is 1.29 bits per heavy atom. The summed E-state index contributed by atoms with van der Waals surface area (Å²) in [5.74, 6) is -0.671. The van der Waals surface area contributed by atoms with Gasteiger partial charge >= 0.3 is 5.69 Å². The van der Waals surface area contributed by atoms with Gasteiger partial charge in [0.05, 0.1) is 21.5 Å². The van der Waals surface area contributed by atoms with Crippen molar-refractivity contribution in [1.82, 2.24) is 15.0 Å². The number of aromatic amines is 2. The molecule has 5 N–H and O–H groups in total. The van der Waals surface area contributed by atoms with Gasteiger partial charge in [0.25, 0.3) is 11.6 Å². The number of imidazole rings is 1. The summed E-state index contributed by atoms with van der Waals surface area (Å²) in [6, 6.07) is 6.36. The molecule has 0 spiro atoms. The van der Waals surface area contributed by atoms with Crippen molar-refractivity contribution < 1.29 is 9.72 Å². The van der Waals surface area contributed by atoms with Gasteiger partial charge in [0.2, 0.25) is 0 Å². The lowest BCUT2D eigenvalue weighted by atomic mass is 10.2. The highest BCUT2D eigenvalue weighted by Crippen LogP contribution is 2.20. The SMILES string of the molecule is NC(=O)c1cc([N+](=O)[O-])cnc1NCc1ccc2[nH]c(=O)[nH]c2c1. The predicted molar refractivity (Wildman–Crippen MR) is 85.7 cm³/mol. The zero-order chi connectivity index (χ0) is 17.3. The van der Waals surface area contributed by atoms with Crippen LogP contribution in [-0.2, 0) is 6.54 Å². The normalized spacial score (nSPS) is 10.7. The van der Waals surface area contributed by atoms with Gasteiger partial charge in [0.15, 0.2) is 0 Å². The number of nitrogens with two attached hydrogens (primary N) is 1. The van der Waals surface area contributed by atoms with Crippen LogP contribution in [0.1, 0.15) is 15.9 Å². The number of H-pyrrole nitrogens is 2. The molecule has 0 fully saturated rings. The van der Waals surface area contributed by atoms with E-state index < -0.39 is 10.8 Å². The highest BCUT2D eigenvalue weighted by Gasteiger charge is 2.16. The van der Waals surface area contributed by atoms with Crippen molar-refractivity contribution in [2.24, 2.45) is 5.73 Å². The number of fused-ring (bicyclic) bond motifs is 1.